The average Bonchev–Trinajstić information content (AvgIpc) is 2.48. The number of hydrogen-bond acceptors (Lipinski definition) is 4. The van der Waals surface area contributed by atoms with Gasteiger partial charge in [-0.1, -0.05) is 12.1 Å². The molecule has 1 heterocycles. The molecule has 1 aromatic rings. The zero-order valence-electron chi connectivity index (χ0n) is 11.0. The fourth-order valence-corrected chi connectivity index (χ4v) is 2.02. The number of ether oxygens (including phenoxy) is 1. The van der Waals surface area contributed by atoms with Crippen molar-refractivity contribution in [2.24, 2.45) is 0 Å². The number of nitrogens with zero attached hydrogens (tertiary/aromatic N) is 1. The highest BCUT2D eigenvalue weighted by Gasteiger charge is 2.10. The number of nitrogens with one attached hydrogen (secondary N) is 1. The molecule has 0 aliphatic carbocycles. The lowest BCUT2D eigenvalue weighted by molar-refractivity contribution is 0.0383. The van der Waals surface area contributed by atoms with Crippen LogP contribution in [0.25, 0.3) is 0 Å². The Labute approximate surface area is 113 Å². The molecule has 5 heteroatoms. The van der Waals surface area contributed by atoms with E-state index in [1.807, 2.05) is 0 Å². The minimum Gasteiger partial charge on any atom is -0.392 e. The first kappa shape index (κ1) is 14.0. The molecule has 1 amide bonds. The van der Waals surface area contributed by atoms with E-state index in [0.717, 1.165) is 38.4 Å². The summed E-state index contributed by atoms with van der Waals surface area (Å²) >= 11 is 0. The van der Waals surface area contributed by atoms with Gasteiger partial charge in [-0.05, 0) is 17.7 Å². The van der Waals surface area contributed by atoms with Gasteiger partial charge in [0.1, 0.15) is 0 Å². The molecule has 1 aromatic carbocycles. The molecule has 0 unspecified atom stereocenters. The Kier molecular flexibility index (Phi) is 5.32. The van der Waals surface area contributed by atoms with Crippen molar-refractivity contribution in [3.05, 3.63) is 35.4 Å². The SMILES string of the molecule is O=C(NCCN1CCOCC1)c1ccc(CO)cc1. The zero-order valence-corrected chi connectivity index (χ0v) is 11.0. The number of carbonyl (C=O) groups excluding carboxylic acids is 1. The van der Waals surface area contributed by atoms with Crippen LogP contribution < -0.4 is 5.32 Å². The molecule has 0 spiro atoms. The number of aliphatic hydroxyl groups is 1. The molecule has 19 heavy (non-hydrogen) atoms. The van der Waals surface area contributed by atoms with Crippen molar-refractivity contribution in [2.75, 3.05) is 39.4 Å². The Morgan fingerprint density at radius 1 is 1.26 bits per heavy atom. The van der Waals surface area contributed by atoms with Crippen LogP contribution in [-0.4, -0.2) is 55.3 Å². The molecular weight excluding hydrogens is 244 g/mol. The van der Waals surface area contributed by atoms with Gasteiger partial charge < -0.3 is 15.2 Å². The van der Waals surface area contributed by atoms with E-state index in [0.29, 0.717) is 12.1 Å². The molecule has 0 aromatic heterocycles. The summed E-state index contributed by atoms with van der Waals surface area (Å²) in [7, 11) is 0. The van der Waals surface area contributed by atoms with Crippen molar-refractivity contribution in [1.29, 1.82) is 0 Å². The van der Waals surface area contributed by atoms with Crippen LogP contribution in [-0.2, 0) is 11.3 Å². The fraction of sp³-hybridized carbons (Fsp3) is 0.500. The van der Waals surface area contributed by atoms with Crippen LogP contribution in [0.5, 0.6) is 0 Å². The van der Waals surface area contributed by atoms with Crippen LogP contribution >= 0.6 is 0 Å². The van der Waals surface area contributed by atoms with Gasteiger partial charge in [0, 0.05) is 31.7 Å². The molecule has 0 bridgehead atoms. The van der Waals surface area contributed by atoms with Crippen LogP contribution in [0, 0.1) is 0 Å². The van der Waals surface area contributed by atoms with Gasteiger partial charge in [-0.15, -0.1) is 0 Å². The molecule has 1 aliphatic heterocycles. The highest BCUT2D eigenvalue weighted by atomic mass is 16.5. The van der Waals surface area contributed by atoms with E-state index >= 15 is 0 Å². The predicted molar refractivity (Wildman–Crippen MR) is 72.0 cm³/mol. The Hall–Kier alpha value is -1.43. The second-order valence-corrected chi connectivity index (χ2v) is 4.56. The molecular formula is C14H20N2O3. The summed E-state index contributed by atoms with van der Waals surface area (Å²) in [6, 6.07) is 6.99. The van der Waals surface area contributed by atoms with Gasteiger partial charge in [-0.3, -0.25) is 9.69 Å². The second-order valence-electron chi connectivity index (χ2n) is 4.56. The molecule has 2 rings (SSSR count). The van der Waals surface area contributed by atoms with Crippen LogP contribution in [0.1, 0.15) is 15.9 Å². The third-order valence-electron chi connectivity index (χ3n) is 3.22. The minimum absolute atomic E-state index is 0.00106. The number of amides is 1. The summed E-state index contributed by atoms with van der Waals surface area (Å²) in [5.74, 6) is -0.0715. The summed E-state index contributed by atoms with van der Waals surface area (Å²) in [6.45, 7) is 4.90. The van der Waals surface area contributed by atoms with Gasteiger partial charge in [0.25, 0.3) is 5.91 Å². The summed E-state index contributed by atoms with van der Waals surface area (Å²) in [6.07, 6.45) is 0. The number of benzene rings is 1. The maximum absolute atomic E-state index is 11.9. The first-order chi connectivity index (χ1) is 9.29. The van der Waals surface area contributed by atoms with E-state index in [1.54, 1.807) is 24.3 Å². The predicted octanol–water partition coefficient (Wildman–Crippen LogP) is 0.241. The number of morpholine rings is 1. The summed E-state index contributed by atoms with van der Waals surface area (Å²) in [5.41, 5.74) is 1.43. The van der Waals surface area contributed by atoms with Crippen LogP contribution in [0.3, 0.4) is 0 Å². The second kappa shape index (κ2) is 7.23. The number of carbonyl (C=O) groups is 1. The lowest BCUT2D eigenvalue weighted by atomic mass is 10.1. The lowest BCUT2D eigenvalue weighted by Crippen LogP contribution is -2.41. The quantitative estimate of drug-likeness (QED) is 0.800. The molecule has 5 nitrogen and oxygen atoms in total. The summed E-state index contributed by atoms with van der Waals surface area (Å²) < 4.78 is 5.27. The average molecular weight is 264 g/mol. The molecule has 2 N–H and O–H groups in total. The Morgan fingerprint density at radius 3 is 2.58 bits per heavy atom. The van der Waals surface area contributed by atoms with Gasteiger partial charge in [-0.2, -0.15) is 0 Å². The smallest absolute Gasteiger partial charge is 0.251 e. The number of hydrogen-bond donors (Lipinski definition) is 2. The normalized spacial score (nSPS) is 16.3. The largest absolute Gasteiger partial charge is 0.392 e. The Balaban J connectivity index is 1.73. The van der Waals surface area contributed by atoms with Crippen molar-refractivity contribution in [1.82, 2.24) is 10.2 Å². The summed E-state index contributed by atoms with van der Waals surface area (Å²) in [5, 5.41) is 11.8. The van der Waals surface area contributed by atoms with E-state index in [4.69, 9.17) is 9.84 Å². The topological polar surface area (TPSA) is 61.8 Å². The van der Waals surface area contributed by atoms with Crippen LogP contribution in [0.15, 0.2) is 24.3 Å². The molecule has 0 saturated carbocycles. The molecule has 0 radical (unpaired) electrons. The third kappa shape index (κ3) is 4.31. The maximum atomic E-state index is 11.9. The van der Waals surface area contributed by atoms with Crippen LogP contribution in [0.2, 0.25) is 0 Å². The van der Waals surface area contributed by atoms with Crippen molar-refractivity contribution < 1.29 is 14.6 Å². The number of rotatable bonds is 5. The molecule has 104 valence electrons. The Bertz CT molecular complexity index is 400. The maximum Gasteiger partial charge on any atom is 0.251 e. The van der Waals surface area contributed by atoms with Crippen LogP contribution in [0.4, 0.5) is 0 Å². The van der Waals surface area contributed by atoms with E-state index < -0.39 is 0 Å². The van der Waals surface area contributed by atoms with E-state index in [2.05, 4.69) is 10.2 Å². The van der Waals surface area contributed by atoms with Crippen molar-refractivity contribution >= 4 is 5.91 Å². The Morgan fingerprint density at radius 2 is 1.95 bits per heavy atom. The van der Waals surface area contributed by atoms with Gasteiger partial charge >= 0.3 is 0 Å². The van der Waals surface area contributed by atoms with Crippen molar-refractivity contribution in [3.63, 3.8) is 0 Å². The molecule has 0 atom stereocenters. The molecule has 1 saturated heterocycles. The fourth-order valence-electron chi connectivity index (χ4n) is 2.02. The van der Waals surface area contributed by atoms with Gasteiger partial charge in [0.2, 0.25) is 0 Å². The van der Waals surface area contributed by atoms with E-state index in [1.165, 1.54) is 0 Å². The van der Waals surface area contributed by atoms with Gasteiger partial charge in [0.05, 0.1) is 19.8 Å². The highest BCUT2D eigenvalue weighted by Crippen LogP contribution is 2.04. The lowest BCUT2D eigenvalue weighted by Gasteiger charge is -2.26. The van der Waals surface area contributed by atoms with Crippen molar-refractivity contribution in [2.45, 2.75) is 6.61 Å². The first-order valence-corrected chi connectivity index (χ1v) is 6.57. The molecule has 1 fully saturated rings. The monoisotopic (exact) mass is 264 g/mol. The summed E-state index contributed by atoms with van der Waals surface area (Å²) in [4.78, 5) is 14.1. The van der Waals surface area contributed by atoms with E-state index in [-0.39, 0.29) is 12.5 Å². The van der Waals surface area contributed by atoms with Crippen molar-refractivity contribution in [3.8, 4) is 0 Å². The number of aliphatic hydroxyl groups excluding tert-OH is 1. The minimum atomic E-state index is -0.0715. The first-order valence-electron chi connectivity index (χ1n) is 6.57. The van der Waals surface area contributed by atoms with Gasteiger partial charge in [0.15, 0.2) is 0 Å². The van der Waals surface area contributed by atoms with E-state index in [9.17, 15) is 4.79 Å². The third-order valence-corrected chi connectivity index (χ3v) is 3.22. The van der Waals surface area contributed by atoms with Gasteiger partial charge in [-0.25, -0.2) is 0 Å². The zero-order chi connectivity index (χ0) is 13.5. The highest BCUT2D eigenvalue weighted by molar-refractivity contribution is 5.94. The standard InChI is InChI=1S/C14H20N2O3/c17-11-12-1-3-13(4-2-12)14(18)15-5-6-16-7-9-19-10-8-16/h1-4,17H,5-11H2,(H,15,18). The molecule has 1 aliphatic rings.